The van der Waals surface area contributed by atoms with Crippen molar-refractivity contribution in [3.63, 3.8) is 0 Å². The van der Waals surface area contributed by atoms with Crippen LogP contribution in [0.3, 0.4) is 0 Å². The van der Waals surface area contributed by atoms with Gasteiger partial charge in [-0.15, -0.1) is 0 Å². The number of rotatable bonds is 4. The zero-order valence-corrected chi connectivity index (χ0v) is 10.9. The molecule has 1 N–H and O–H groups in total. The maximum absolute atomic E-state index is 11.4. The van der Waals surface area contributed by atoms with Crippen LogP contribution in [0.4, 0.5) is 11.4 Å². The Bertz CT molecular complexity index is 735. The van der Waals surface area contributed by atoms with Gasteiger partial charge in [0.25, 0.3) is 5.69 Å². The van der Waals surface area contributed by atoms with Crippen LogP contribution in [-0.2, 0) is 4.79 Å². The van der Waals surface area contributed by atoms with E-state index in [0.29, 0.717) is 11.3 Å². The number of nitrogens with one attached hydrogen (secondary N) is 1. The first-order chi connectivity index (χ1) is 10.1. The van der Waals surface area contributed by atoms with Gasteiger partial charge in [-0.2, -0.15) is 5.26 Å². The second-order valence-corrected chi connectivity index (χ2v) is 4.27. The molecule has 6 heteroatoms. The van der Waals surface area contributed by atoms with Gasteiger partial charge in [0.2, 0.25) is 5.91 Å². The van der Waals surface area contributed by atoms with E-state index in [2.05, 4.69) is 5.32 Å². The van der Waals surface area contributed by atoms with Crippen molar-refractivity contribution in [2.24, 2.45) is 0 Å². The third-order valence-electron chi connectivity index (χ3n) is 2.78. The number of benzene rings is 2. The van der Waals surface area contributed by atoms with Crippen molar-refractivity contribution in [2.75, 3.05) is 5.32 Å². The van der Waals surface area contributed by atoms with Gasteiger partial charge in [0.05, 0.1) is 11.0 Å². The number of carbonyl (C=O) groups is 1. The maximum atomic E-state index is 11.4. The minimum Gasteiger partial charge on any atom is -0.325 e. The number of nitro benzene ring substituents is 1. The van der Waals surface area contributed by atoms with Crippen molar-refractivity contribution in [3.8, 4) is 17.2 Å². The summed E-state index contributed by atoms with van der Waals surface area (Å²) in [5.74, 6) is -0.395. The van der Waals surface area contributed by atoms with Crippen LogP contribution in [0.5, 0.6) is 0 Å². The molecule has 2 rings (SSSR count). The van der Waals surface area contributed by atoms with E-state index in [-0.39, 0.29) is 12.1 Å². The lowest BCUT2D eigenvalue weighted by molar-refractivity contribution is -0.384. The monoisotopic (exact) mass is 281 g/mol. The number of carbonyl (C=O) groups excluding carboxylic acids is 1. The molecule has 0 bridgehead atoms. The average molecular weight is 281 g/mol. The normalized spacial score (nSPS) is 9.67. The van der Waals surface area contributed by atoms with Crippen LogP contribution in [0.2, 0.25) is 0 Å². The Kier molecular flexibility index (Phi) is 4.26. The Labute approximate surface area is 120 Å². The largest absolute Gasteiger partial charge is 0.325 e. The second kappa shape index (κ2) is 6.30. The summed E-state index contributed by atoms with van der Waals surface area (Å²) < 4.78 is 0. The van der Waals surface area contributed by atoms with Crippen molar-refractivity contribution in [1.82, 2.24) is 0 Å². The highest BCUT2D eigenvalue weighted by Crippen LogP contribution is 2.26. The zero-order chi connectivity index (χ0) is 15.2. The third-order valence-corrected chi connectivity index (χ3v) is 2.78. The third kappa shape index (κ3) is 3.64. The van der Waals surface area contributed by atoms with Crippen LogP contribution >= 0.6 is 0 Å². The van der Waals surface area contributed by atoms with Crippen LogP contribution in [0.25, 0.3) is 11.1 Å². The van der Waals surface area contributed by atoms with Gasteiger partial charge in [0.15, 0.2) is 0 Å². The Morgan fingerprint density at radius 1 is 1.19 bits per heavy atom. The lowest BCUT2D eigenvalue weighted by Gasteiger charge is -2.06. The van der Waals surface area contributed by atoms with E-state index in [1.807, 2.05) is 0 Å². The fourth-order valence-electron chi connectivity index (χ4n) is 1.85. The van der Waals surface area contributed by atoms with Crippen LogP contribution in [0, 0.1) is 21.4 Å². The molecule has 104 valence electrons. The molecule has 2 aromatic rings. The summed E-state index contributed by atoms with van der Waals surface area (Å²) in [6.07, 6.45) is -0.221. The molecule has 1 amide bonds. The van der Waals surface area contributed by atoms with Gasteiger partial charge in [-0.05, 0) is 23.3 Å². The van der Waals surface area contributed by atoms with Gasteiger partial charge in [-0.3, -0.25) is 14.9 Å². The number of nitrogens with zero attached hydrogens (tertiary/aromatic N) is 2. The molecular formula is C15H11N3O3. The Hall–Kier alpha value is -3.20. The number of amides is 1. The number of anilines is 1. The number of hydrogen-bond acceptors (Lipinski definition) is 4. The lowest BCUT2D eigenvalue weighted by Crippen LogP contribution is -2.09. The highest BCUT2D eigenvalue weighted by atomic mass is 16.6. The van der Waals surface area contributed by atoms with Crippen LogP contribution in [0.1, 0.15) is 6.42 Å². The molecule has 0 atom stereocenters. The molecule has 0 unspecified atom stereocenters. The topological polar surface area (TPSA) is 96.0 Å². The van der Waals surface area contributed by atoms with E-state index in [4.69, 9.17) is 5.26 Å². The van der Waals surface area contributed by atoms with Gasteiger partial charge in [0.1, 0.15) is 6.42 Å². The van der Waals surface area contributed by atoms with E-state index < -0.39 is 10.8 Å². The van der Waals surface area contributed by atoms with E-state index in [9.17, 15) is 14.9 Å². The molecule has 0 saturated carbocycles. The highest BCUT2D eigenvalue weighted by Gasteiger charge is 2.08. The summed E-state index contributed by atoms with van der Waals surface area (Å²) in [5.41, 5.74) is 1.97. The first kappa shape index (κ1) is 14.2. The second-order valence-electron chi connectivity index (χ2n) is 4.27. The standard InChI is InChI=1S/C15H11N3O3/c16-8-7-15(19)17-13-5-1-3-11(9-13)12-4-2-6-14(10-12)18(20)21/h1-6,9-10H,7H2,(H,17,19). The van der Waals surface area contributed by atoms with Crippen molar-refractivity contribution in [1.29, 1.82) is 5.26 Å². The van der Waals surface area contributed by atoms with Gasteiger partial charge < -0.3 is 5.32 Å². The predicted molar refractivity (Wildman–Crippen MR) is 77.4 cm³/mol. The molecule has 2 aromatic carbocycles. The number of hydrogen-bond donors (Lipinski definition) is 1. The Balaban J connectivity index is 2.29. The van der Waals surface area contributed by atoms with Gasteiger partial charge in [-0.25, -0.2) is 0 Å². The quantitative estimate of drug-likeness (QED) is 0.687. The Morgan fingerprint density at radius 3 is 2.52 bits per heavy atom. The number of non-ortho nitro benzene ring substituents is 1. The summed E-state index contributed by atoms with van der Waals surface area (Å²) >= 11 is 0. The Morgan fingerprint density at radius 2 is 1.86 bits per heavy atom. The summed E-state index contributed by atoms with van der Waals surface area (Å²) in [4.78, 5) is 21.7. The highest BCUT2D eigenvalue weighted by molar-refractivity contribution is 5.92. The molecular weight excluding hydrogens is 270 g/mol. The first-order valence-corrected chi connectivity index (χ1v) is 6.12. The fraction of sp³-hybridized carbons (Fsp3) is 0.0667. The minimum atomic E-state index is -0.456. The molecule has 0 saturated heterocycles. The van der Waals surface area contributed by atoms with Crippen molar-refractivity contribution >= 4 is 17.3 Å². The summed E-state index contributed by atoms with van der Waals surface area (Å²) in [7, 11) is 0. The SMILES string of the molecule is N#CCC(=O)Nc1cccc(-c2cccc([N+](=O)[O-])c2)c1. The van der Waals surface area contributed by atoms with E-state index in [1.54, 1.807) is 42.5 Å². The van der Waals surface area contributed by atoms with Crippen molar-refractivity contribution in [3.05, 3.63) is 58.6 Å². The molecule has 0 aromatic heterocycles. The average Bonchev–Trinajstić information content (AvgIpc) is 2.48. The molecule has 0 aliphatic heterocycles. The first-order valence-electron chi connectivity index (χ1n) is 6.12. The number of nitriles is 1. The van der Waals surface area contributed by atoms with Crippen molar-refractivity contribution < 1.29 is 9.72 Å². The van der Waals surface area contributed by atoms with Crippen LogP contribution in [-0.4, -0.2) is 10.8 Å². The van der Waals surface area contributed by atoms with E-state index in [0.717, 1.165) is 5.56 Å². The zero-order valence-electron chi connectivity index (χ0n) is 10.9. The predicted octanol–water partition coefficient (Wildman–Crippen LogP) is 3.11. The molecule has 21 heavy (non-hydrogen) atoms. The van der Waals surface area contributed by atoms with Gasteiger partial charge in [0, 0.05) is 17.8 Å². The maximum Gasteiger partial charge on any atom is 0.270 e. The van der Waals surface area contributed by atoms with Crippen LogP contribution in [0.15, 0.2) is 48.5 Å². The van der Waals surface area contributed by atoms with E-state index >= 15 is 0 Å². The van der Waals surface area contributed by atoms with Crippen molar-refractivity contribution in [2.45, 2.75) is 6.42 Å². The fourth-order valence-corrected chi connectivity index (χ4v) is 1.85. The molecule has 0 aliphatic carbocycles. The van der Waals surface area contributed by atoms with Crippen LogP contribution < -0.4 is 5.32 Å². The minimum absolute atomic E-state index is 0.00594. The summed E-state index contributed by atoms with van der Waals surface area (Å²) in [5, 5.41) is 21.8. The molecule has 0 heterocycles. The van der Waals surface area contributed by atoms with Gasteiger partial charge in [-0.1, -0.05) is 24.3 Å². The molecule has 0 aliphatic rings. The molecule has 0 spiro atoms. The van der Waals surface area contributed by atoms with Gasteiger partial charge >= 0.3 is 0 Å². The van der Waals surface area contributed by atoms with E-state index in [1.165, 1.54) is 12.1 Å². The summed E-state index contributed by atoms with van der Waals surface area (Å²) in [6.45, 7) is 0. The molecule has 0 radical (unpaired) electrons. The lowest BCUT2D eigenvalue weighted by atomic mass is 10.0. The smallest absolute Gasteiger partial charge is 0.270 e. The number of nitro groups is 1. The molecule has 0 fully saturated rings. The summed E-state index contributed by atoms with van der Waals surface area (Å²) in [6, 6.07) is 14.9. The molecule has 6 nitrogen and oxygen atoms in total.